The van der Waals surface area contributed by atoms with Crippen LogP contribution in [-0.2, 0) is 6.42 Å². The van der Waals surface area contributed by atoms with Crippen LogP contribution >= 0.6 is 0 Å². The van der Waals surface area contributed by atoms with Gasteiger partial charge in [-0.3, -0.25) is 0 Å². The Bertz CT molecular complexity index is 627. The molecule has 0 unspecified atom stereocenters. The standard InChI is InChI=1S/C15H16N2/c1-8-5-12-7-14-15(13(12)6-9(8)2)10(3)16-11(4)17-14/h5-6H,7H2,1-4H3. The zero-order valence-corrected chi connectivity index (χ0v) is 10.8. The maximum atomic E-state index is 4.58. The van der Waals surface area contributed by atoms with Gasteiger partial charge < -0.3 is 0 Å². The highest BCUT2D eigenvalue weighted by Crippen LogP contribution is 2.38. The fourth-order valence-corrected chi connectivity index (χ4v) is 2.70. The molecule has 0 amide bonds. The summed E-state index contributed by atoms with van der Waals surface area (Å²) in [4.78, 5) is 9.06. The number of hydrogen-bond acceptors (Lipinski definition) is 2. The number of aromatic nitrogens is 2. The highest BCUT2D eigenvalue weighted by molar-refractivity contribution is 5.78. The van der Waals surface area contributed by atoms with E-state index in [1.807, 2.05) is 6.92 Å². The van der Waals surface area contributed by atoms with Crippen molar-refractivity contribution in [3.63, 3.8) is 0 Å². The van der Waals surface area contributed by atoms with Crippen molar-refractivity contribution in [3.05, 3.63) is 46.0 Å². The van der Waals surface area contributed by atoms with Gasteiger partial charge in [-0.15, -0.1) is 0 Å². The Labute approximate surface area is 102 Å². The van der Waals surface area contributed by atoms with E-state index in [4.69, 9.17) is 0 Å². The molecule has 0 fully saturated rings. The first kappa shape index (κ1) is 10.5. The summed E-state index contributed by atoms with van der Waals surface area (Å²) in [5.41, 5.74) is 8.99. The second kappa shape index (κ2) is 3.39. The smallest absolute Gasteiger partial charge is 0.125 e. The third-order valence-electron chi connectivity index (χ3n) is 3.62. The van der Waals surface area contributed by atoms with Gasteiger partial charge in [0, 0.05) is 17.7 Å². The summed E-state index contributed by atoms with van der Waals surface area (Å²) >= 11 is 0. The molecule has 2 aromatic rings. The first-order valence-corrected chi connectivity index (χ1v) is 6.01. The van der Waals surface area contributed by atoms with Crippen molar-refractivity contribution in [3.8, 4) is 11.1 Å². The van der Waals surface area contributed by atoms with Crippen molar-refractivity contribution in [2.45, 2.75) is 34.1 Å². The first-order valence-electron chi connectivity index (χ1n) is 6.01. The van der Waals surface area contributed by atoms with Gasteiger partial charge in [-0.05, 0) is 49.9 Å². The molecule has 0 N–H and O–H groups in total. The maximum Gasteiger partial charge on any atom is 0.125 e. The fourth-order valence-electron chi connectivity index (χ4n) is 2.70. The van der Waals surface area contributed by atoms with Crippen LogP contribution in [0.4, 0.5) is 0 Å². The van der Waals surface area contributed by atoms with E-state index in [0.29, 0.717) is 0 Å². The van der Waals surface area contributed by atoms with Gasteiger partial charge in [0.15, 0.2) is 0 Å². The van der Waals surface area contributed by atoms with Gasteiger partial charge in [-0.1, -0.05) is 12.1 Å². The van der Waals surface area contributed by atoms with Gasteiger partial charge in [-0.2, -0.15) is 0 Å². The van der Waals surface area contributed by atoms with E-state index in [1.54, 1.807) is 0 Å². The second-order valence-electron chi connectivity index (χ2n) is 4.95. The quantitative estimate of drug-likeness (QED) is 0.585. The Morgan fingerprint density at radius 3 is 2.41 bits per heavy atom. The van der Waals surface area contributed by atoms with E-state index < -0.39 is 0 Å². The first-order chi connectivity index (χ1) is 8.06. The Hall–Kier alpha value is -1.70. The zero-order valence-electron chi connectivity index (χ0n) is 10.8. The normalized spacial score (nSPS) is 12.5. The van der Waals surface area contributed by atoms with E-state index in [-0.39, 0.29) is 0 Å². The largest absolute Gasteiger partial charge is 0.238 e. The van der Waals surface area contributed by atoms with Crippen molar-refractivity contribution in [2.75, 3.05) is 0 Å². The lowest BCUT2D eigenvalue weighted by Crippen LogP contribution is -1.97. The van der Waals surface area contributed by atoms with Crippen LogP contribution in [0, 0.1) is 27.7 Å². The molecule has 0 atom stereocenters. The molecule has 0 spiro atoms. The average Bonchev–Trinajstić information content (AvgIpc) is 2.56. The van der Waals surface area contributed by atoms with Gasteiger partial charge in [0.1, 0.15) is 5.82 Å². The summed E-state index contributed by atoms with van der Waals surface area (Å²) in [6.07, 6.45) is 0.954. The molecule has 17 heavy (non-hydrogen) atoms. The number of nitrogens with zero attached hydrogens (tertiary/aromatic N) is 2. The molecule has 86 valence electrons. The lowest BCUT2D eigenvalue weighted by molar-refractivity contribution is 0.967. The van der Waals surface area contributed by atoms with Crippen LogP contribution in [0.3, 0.4) is 0 Å². The average molecular weight is 224 g/mol. The number of fused-ring (bicyclic) bond motifs is 3. The fraction of sp³-hybridized carbons (Fsp3) is 0.333. The summed E-state index contributed by atoms with van der Waals surface area (Å²) in [7, 11) is 0. The Kier molecular flexibility index (Phi) is 2.09. The summed E-state index contributed by atoms with van der Waals surface area (Å²) < 4.78 is 0. The summed E-state index contributed by atoms with van der Waals surface area (Å²) in [6.45, 7) is 8.38. The third-order valence-corrected chi connectivity index (χ3v) is 3.62. The minimum absolute atomic E-state index is 0.877. The lowest BCUT2D eigenvalue weighted by Gasteiger charge is -2.07. The van der Waals surface area contributed by atoms with Crippen molar-refractivity contribution in [1.29, 1.82) is 0 Å². The topological polar surface area (TPSA) is 25.8 Å². The van der Waals surface area contributed by atoms with Gasteiger partial charge in [0.2, 0.25) is 0 Å². The van der Waals surface area contributed by atoms with Crippen LogP contribution < -0.4 is 0 Å². The number of rotatable bonds is 0. The van der Waals surface area contributed by atoms with Gasteiger partial charge in [0.05, 0.1) is 5.69 Å². The molecule has 2 heteroatoms. The lowest BCUT2D eigenvalue weighted by atomic mass is 9.99. The second-order valence-corrected chi connectivity index (χ2v) is 4.95. The zero-order chi connectivity index (χ0) is 12.2. The number of aryl methyl sites for hydroxylation is 4. The highest BCUT2D eigenvalue weighted by atomic mass is 14.9. The molecule has 0 aliphatic heterocycles. The minimum Gasteiger partial charge on any atom is -0.238 e. The summed E-state index contributed by atoms with van der Waals surface area (Å²) in [6, 6.07) is 4.57. The molecule has 0 radical (unpaired) electrons. The van der Waals surface area contributed by atoms with Gasteiger partial charge in [0.25, 0.3) is 0 Å². The highest BCUT2D eigenvalue weighted by Gasteiger charge is 2.23. The van der Waals surface area contributed by atoms with Crippen LogP contribution in [0.15, 0.2) is 12.1 Å². The number of benzene rings is 1. The molecule has 1 aromatic heterocycles. The van der Waals surface area contributed by atoms with E-state index in [1.165, 1.54) is 33.5 Å². The molecule has 2 nitrogen and oxygen atoms in total. The van der Waals surface area contributed by atoms with Gasteiger partial charge >= 0.3 is 0 Å². The third kappa shape index (κ3) is 1.47. The van der Waals surface area contributed by atoms with Gasteiger partial charge in [-0.25, -0.2) is 9.97 Å². The predicted octanol–water partition coefficient (Wildman–Crippen LogP) is 3.28. The molecule has 1 aliphatic rings. The summed E-state index contributed by atoms with van der Waals surface area (Å²) in [5, 5.41) is 0. The molecule has 0 bridgehead atoms. The summed E-state index contributed by atoms with van der Waals surface area (Å²) in [5.74, 6) is 0.877. The van der Waals surface area contributed by atoms with Crippen LogP contribution in [0.25, 0.3) is 11.1 Å². The Balaban J connectivity index is 2.31. The van der Waals surface area contributed by atoms with Crippen molar-refractivity contribution in [1.82, 2.24) is 9.97 Å². The molecule has 0 saturated carbocycles. The van der Waals surface area contributed by atoms with Crippen molar-refractivity contribution >= 4 is 0 Å². The molecular formula is C15H16N2. The van der Waals surface area contributed by atoms with Crippen LogP contribution in [0.2, 0.25) is 0 Å². The van der Waals surface area contributed by atoms with E-state index in [0.717, 1.165) is 17.9 Å². The number of hydrogen-bond donors (Lipinski definition) is 0. The molecule has 0 saturated heterocycles. The van der Waals surface area contributed by atoms with Crippen LogP contribution in [-0.4, -0.2) is 9.97 Å². The van der Waals surface area contributed by atoms with E-state index >= 15 is 0 Å². The van der Waals surface area contributed by atoms with Crippen molar-refractivity contribution < 1.29 is 0 Å². The van der Waals surface area contributed by atoms with Crippen LogP contribution in [0.1, 0.15) is 33.9 Å². The maximum absolute atomic E-state index is 4.58. The Morgan fingerprint density at radius 2 is 1.65 bits per heavy atom. The monoisotopic (exact) mass is 224 g/mol. The van der Waals surface area contributed by atoms with E-state index in [2.05, 4.69) is 42.9 Å². The predicted molar refractivity (Wildman–Crippen MR) is 69.2 cm³/mol. The van der Waals surface area contributed by atoms with Crippen LogP contribution in [0.5, 0.6) is 0 Å². The molecule has 3 rings (SSSR count). The van der Waals surface area contributed by atoms with E-state index in [9.17, 15) is 0 Å². The molecular weight excluding hydrogens is 208 g/mol. The van der Waals surface area contributed by atoms with Crippen molar-refractivity contribution in [2.24, 2.45) is 0 Å². The molecule has 1 aromatic carbocycles. The SMILES string of the molecule is Cc1nc(C)c2c(n1)Cc1cc(C)c(C)cc1-2. The Morgan fingerprint density at radius 1 is 0.941 bits per heavy atom. The minimum atomic E-state index is 0.877. The molecule has 1 aliphatic carbocycles. The molecule has 1 heterocycles.